The molecule has 1 aromatic rings. The summed E-state index contributed by atoms with van der Waals surface area (Å²) >= 11 is 6.26. The summed E-state index contributed by atoms with van der Waals surface area (Å²) in [4.78, 5) is 0. The zero-order valence-corrected chi connectivity index (χ0v) is 12.5. The molecule has 1 atom stereocenters. The molecule has 0 amide bonds. The Balaban J connectivity index is 1.90. The molecule has 2 nitrogen and oxygen atoms in total. The zero-order valence-electron chi connectivity index (χ0n) is 11.8. The van der Waals surface area contributed by atoms with Crippen molar-refractivity contribution in [2.75, 3.05) is 20.2 Å². The van der Waals surface area contributed by atoms with Crippen LogP contribution in [0, 0.1) is 11.3 Å². The summed E-state index contributed by atoms with van der Waals surface area (Å²) in [5.74, 6) is 1.95. The number of hydrogen-bond donors (Lipinski definition) is 1. The predicted octanol–water partition coefficient (Wildman–Crippen LogP) is 3.45. The highest BCUT2D eigenvalue weighted by atomic mass is 35.5. The van der Waals surface area contributed by atoms with Gasteiger partial charge in [0.2, 0.25) is 0 Å². The van der Waals surface area contributed by atoms with E-state index in [2.05, 4.69) is 24.4 Å². The van der Waals surface area contributed by atoms with E-state index in [1.807, 2.05) is 7.05 Å². The van der Waals surface area contributed by atoms with Crippen molar-refractivity contribution in [3.63, 3.8) is 0 Å². The number of nitrogens with one attached hydrogen (secondary N) is 1. The molecular formula is C16H22ClNO. The largest absolute Gasteiger partial charge is 0.493 e. The fourth-order valence-corrected chi connectivity index (χ4v) is 3.71. The molecular weight excluding hydrogens is 258 g/mol. The smallest absolute Gasteiger partial charge is 0.125 e. The lowest BCUT2D eigenvalue weighted by atomic mass is 9.78. The van der Waals surface area contributed by atoms with Crippen molar-refractivity contribution in [3.8, 4) is 5.75 Å². The molecule has 1 fully saturated rings. The molecule has 2 aliphatic rings. The van der Waals surface area contributed by atoms with Crippen LogP contribution in [0.15, 0.2) is 12.1 Å². The highest BCUT2D eigenvalue weighted by Crippen LogP contribution is 2.48. The molecule has 1 heterocycles. The minimum absolute atomic E-state index is 0.319. The van der Waals surface area contributed by atoms with E-state index in [0.29, 0.717) is 5.41 Å². The number of fused-ring (bicyclic) bond motifs is 1. The van der Waals surface area contributed by atoms with Crippen LogP contribution in [0.25, 0.3) is 0 Å². The summed E-state index contributed by atoms with van der Waals surface area (Å²) in [6.07, 6.45) is 4.78. The van der Waals surface area contributed by atoms with Crippen molar-refractivity contribution in [2.24, 2.45) is 11.3 Å². The van der Waals surface area contributed by atoms with E-state index in [1.54, 1.807) is 0 Å². The molecule has 3 rings (SSSR count). The Bertz CT molecular complexity index is 484. The van der Waals surface area contributed by atoms with Crippen molar-refractivity contribution in [3.05, 3.63) is 28.3 Å². The minimum Gasteiger partial charge on any atom is -0.493 e. The fraction of sp³-hybridized carbons (Fsp3) is 0.625. The second kappa shape index (κ2) is 4.99. The molecule has 104 valence electrons. The highest BCUT2D eigenvalue weighted by Gasteiger charge is 2.41. The number of rotatable bonds is 5. The van der Waals surface area contributed by atoms with Gasteiger partial charge in [-0.05, 0) is 60.9 Å². The molecule has 1 unspecified atom stereocenters. The highest BCUT2D eigenvalue weighted by molar-refractivity contribution is 6.30. The number of halogens is 1. The number of hydrogen-bond acceptors (Lipinski definition) is 2. The molecule has 1 saturated carbocycles. The van der Waals surface area contributed by atoms with Gasteiger partial charge in [-0.2, -0.15) is 0 Å². The van der Waals surface area contributed by atoms with Crippen molar-refractivity contribution < 1.29 is 4.74 Å². The monoisotopic (exact) mass is 279 g/mol. The molecule has 0 aromatic heterocycles. The van der Waals surface area contributed by atoms with E-state index < -0.39 is 0 Å². The molecule has 3 heteroatoms. The van der Waals surface area contributed by atoms with E-state index >= 15 is 0 Å². The van der Waals surface area contributed by atoms with E-state index in [0.717, 1.165) is 42.7 Å². The Labute approximate surface area is 120 Å². The predicted molar refractivity (Wildman–Crippen MR) is 79.1 cm³/mol. The average molecular weight is 280 g/mol. The van der Waals surface area contributed by atoms with Crippen molar-refractivity contribution in [1.82, 2.24) is 5.32 Å². The summed E-state index contributed by atoms with van der Waals surface area (Å²) in [6.45, 7) is 4.25. The third kappa shape index (κ3) is 2.61. The van der Waals surface area contributed by atoms with E-state index in [-0.39, 0.29) is 0 Å². The number of ether oxygens (including phenoxy) is 1. The van der Waals surface area contributed by atoms with Gasteiger partial charge in [0.1, 0.15) is 5.75 Å². The first-order valence-electron chi connectivity index (χ1n) is 7.21. The first-order valence-corrected chi connectivity index (χ1v) is 7.59. The Hall–Kier alpha value is -0.730. The van der Waals surface area contributed by atoms with Crippen LogP contribution in [0.2, 0.25) is 5.02 Å². The molecule has 1 aliphatic heterocycles. The Morgan fingerprint density at radius 2 is 2.21 bits per heavy atom. The maximum atomic E-state index is 6.26. The molecule has 0 radical (unpaired) electrons. The third-order valence-electron chi connectivity index (χ3n) is 4.56. The molecule has 0 spiro atoms. The van der Waals surface area contributed by atoms with Gasteiger partial charge in [-0.1, -0.05) is 18.5 Å². The van der Waals surface area contributed by atoms with Crippen LogP contribution in [0.3, 0.4) is 0 Å². The van der Waals surface area contributed by atoms with Crippen LogP contribution in [0.5, 0.6) is 5.75 Å². The van der Waals surface area contributed by atoms with Gasteiger partial charge in [-0.3, -0.25) is 0 Å². The van der Waals surface area contributed by atoms with Crippen LogP contribution < -0.4 is 10.1 Å². The molecule has 1 aliphatic carbocycles. The van der Waals surface area contributed by atoms with Gasteiger partial charge in [-0.15, -0.1) is 0 Å². The lowest BCUT2D eigenvalue weighted by molar-refractivity contribution is 0.258. The summed E-state index contributed by atoms with van der Waals surface area (Å²) in [6, 6.07) is 4.15. The fourth-order valence-electron chi connectivity index (χ4n) is 3.45. The summed E-state index contributed by atoms with van der Waals surface area (Å²) in [5.41, 5.74) is 2.90. The third-order valence-corrected chi connectivity index (χ3v) is 4.78. The van der Waals surface area contributed by atoms with Gasteiger partial charge in [0.25, 0.3) is 0 Å². The van der Waals surface area contributed by atoms with E-state index in [4.69, 9.17) is 16.3 Å². The zero-order chi connectivity index (χ0) is 13.5. The average Bonchev–Trinajstić information content (AvgIpc) is 3.10. The molecule has 0 bridgehead atoms. The van der Waals surface area contributed by atoms with Crippen molar-refractivity contribution >= 4 is 11.6 Å². The summed E-state index contributed by atoms with van der Waals surface area (Å²) in [5, 5.41) is 4.21. The second-order valence-electron chi connectivity index (χ2n) is 6.29. The van der Waals surface area contributed by atoms with Crippen LogP contribution in [0.1, 0.15) is 30.9 Å². The van der Waals surface area contributed by atoms with Crippen LogP contribution in [-0.4, -0.2) is 20.2 Å². The number of benzene rings is 1. The van der Waals surface area contributed by atoms with Crippen molar-refractivity contribution in [2.45, 2.75) is 32.6 Å². The van der Waals surface area contributed by atoms with E-state index in [1.165, 1.54) is 24.0 Å². The normalized spacial score (nSPS) is 20.8. The molecule has 1 aromatic carbocycles. The second-order valence-corrected chi connectivity index (χ2v) is 6.72. The van der Waals surface area contributed by atoms with Gasteiger partial charge in [0.05, 0.1) is 6.61 Å². The standard InChI is InChI=1S/C16H22ClNO/c1-16(10-18-2,13-3-4-13)9-12-8-14(17)7-11-5-6-19-15(11)12/h7-8,13,18H,3-6,9-10H2,1-2H3. The Morgan fingerprint density at radius 1 is 1.42 bits per heavy atom. The quantitative estimate of drug-likeness (QED) is 0.891. The lowest BCUT2D eigenvalue weighted by Gasteiger charge is -2.30. The maximum absolute atomic E-state index is 6.26. The van der Waals surface area contributed by atoms with Gasteiger partial charge >= 0.3 is 0 Å². The Morgan fingerprint density at radius 3 is 2.89 bits per heavy atom. The maximum Gasteiger partial charge on any atom is 0.125 e. The molecule has 1 N–H and O–H groups in total. The summed E-state index contributed by atoms with van der Waals surface area (Å²) in [7, 11) is 2.04. The van der Waals surface area contributed by atoms with Crippen LogP contribution >= 0.6 is 11.6 Å². The summed E-state index contributed by atoms with van der Waals surface area (Å²) < 4.78 is 5.83. The van der Waals surface area contributed by atoms with Crippen LogP contribution in [0.4, 0.5) is 0 Å². The Kier molecular flexibility index (Phi) is 3.48. The van der Waals surface area contributed by atoms with Gasteiger partial charge in [-0.25, -0.2) is 0 Å². The van der Waals surface area contributed by atoms with Crippen molar-refractivity contribution in [1.29, 1.82) is 0 Å². The van der Waals surface area contributed by atoms with Gasteiger partial charge in [0, 0.05) is 18.0 Å². The van der Waals surface area contributed by atoms with Gasteiger partial charge < -0.3 is 10.1 Å². The SMILES string of the molecule is CNCC(C)(Cc1cc(Cl)cc2c1OCC2)C1CC1. The minimum atomic E-state index is 0.319. The van der Waals surface area contributed by atoms with Gasteiger partial charge in [0.15, 0.2) is 0 Å². The topological polar surface area (TPSA) is 21.3 Å². The molecule has 0 saturated heterocycles. The molecule has 19 heavy (non-hydrogen) atoms. The van der Waals surface area contributed by atoms with E-state index in [9.17, 15) is 0 Å². The first kappa shape index (κ1) is 13.3. The first-order chi connectivity index (χ1) is 9.12. The van der Waals surface area contributed by atoms with Crippen LogP contribution in [-0.2, 0) is 12.8 Å². The lowest BCUT2D eigenvalue weighted by Crippen LogP contribution is -2.34.